The SMILES string of the molecule is CC[C@@H]1C(=O)N(C)c2cnc(NN(C(=O)c3cccc(OC)c3)C3CCN(C)CC3)nc2N1C1CCCC1. The van der Waals surface area contributed by atoms with Crippen LogP contribution in [0.1, 0.15) is 62.2 Å². The number of likely N-dealkylation sites (N-methyl/N-ethyl adjacent to an activating group) is 1. The normalized spacial score (nSPS) is 20.9. The summed E-state index contributed by atoms with van der Waals surface area (Å²) in [5, 5.41) is 1.69. The van der Waals surface area contributed by atoms with Crippen molar-refractivity contribution in [2.24, 2.45) is 0 Å². The summed E-state index contributed by atoms with van der Waals surface area (Å²) in [5.74, 6) is 1.69. The number of nitrogens with zero attached hydrogens (tertiary/aromatic N) is 6. The van der Waals surface area contributed by atoms with Crippen LogP contribution in [0.15, 0.2) is 30.5 Å². The number of piperidine rings is 1. The first-order valence-corrected chi connectivity index (χ1v) is 13.8. The number of rotatable bonds is 7. The van der Waals surface area contributed by atoms with Crippen LogP contribution in [0.4, 0.5) is 17.5 Å². The van der Waals surface area contributed by atoms with Crippen LogP contribution < -0.4 is 20.0 Å². The highest BCUT2D eigenvalue weighted by atomic mass is 16.5. The van der Waals surface area contributed by atoms with E-state index in [9.17, 15) is 9.59 Å². The summed E-state index contributed by atoms with van der Waals surface area (Å²) in [7, 11) is 5.49. The van der Waals surface area contributed by atoms with E-state index in [0.29, 0.717) is 29.4 Å². The van der Waals surface area contributed by atoms with Gasteiger partial charge in [0.1, 0.15) is 17.5 Å². The van der Waals surface area contributed by atoms with Gasteiger partial charge in [0.15, 0.2) is 5.82 Å². The second-order valence-electron chi connectivity index (χ2n) is 10.6. The van der Waals surface area contributed by atoms with E-state index < -0.39 is 0 Å². The van der Waals surface area contributed by atoms with Crippen LogP contribution in [0.5, 0.6) is 5.75 Å². The van der Waals surface area contributed by atoms with Gasteiger partial charge in [-0.1, -0.05) is 25.8 Å². The molecule has 2 amide bonds. The third-order valence-electron chi connectivity index (χ3n) is 8.22. The summed E-state index contributed by atoms with van der Waals surface area (Å²) in [6.45, 7) is 3.86. The molecule has 1 aromatic heterocycles. The maximum Gasteiger partial charge on any atom is 0.272 e. The first-order chi connectivity index (χ1) is 18.4. The van der Waals surface area contributed by atoms with Gasteiger partial charge in [0.2, 0.25) is 11.9 Å². The van der Waals surface area contributed by atoms with Gasteiger partial charge in [0.05, 0.1) is 19.3 Å². The number of hydrazine groups is 1. The van der Waals surface area contributed by atoms with E-state index in [4.69, 9.17) is 9.72 Å². The zero-order valence-electron chi connectivity index (χ0n) is 22.9. The number of carbonyl (C=O) groups excluding carboxylic acids is 2. The van der Waals surface area contributed by atoms with Gasteiger partial charge in [-0.25, -0.2) is 9.99 Å². The average Bonchev–Trinajstić information content (AvgIpc) is 3.48. The molecule has 10 heteroatoms. The molecule has 0 radical (unpaired) electrons. The predicted octanol–water partition coefficient (Wildman–Crippen LogP) is 3.55. The number of nitrogens with one attached hydrogen (secondary N) is 1. The molecule has 1 atom stereocenters. The largest absolute Gasteiger partial charge is 0.497 e. The van der Waals surface area contributed by atoms with Crippen molar-refractivity contribution >= 4 is 29.3 Å². The Morgan fingerprint density at radius 1 is 1.16 bits per heavy atom. The minimum Gasteiger partial charge on any atom is -0.497 e. The molecule has 1 aromatic carbocycles. The Kier molecular flexibility index (Phi) is 7.69. The van der Waals surface area contributed by atoms with Crippen LogP contribution in [0, 0.1) is 0 Å². The van der Waals surface area contributed by atoms with Gasteiger partial charge in [0, 0.05) is 18.7 Å². The number of ether oxygens (including phenoxy) is 1. The van der Waals surface area contributed by atoms with E-state index in [1.165, 1.54) is 0 Å². The minimum absolute atomic E-state index is 0.0110. The van der Waals surface area contributed by atoms with E-state index in [0.717, 1.165) is 57.4 Å². The number of amides is 2. The Balaban J connectivity index is 1.50. The predicted molar refractivity (Wildman–Crippen MR) is 148 cm³/mol. The fourth-order valence-electron chi connectivity index (χ4n) is 6.00. The fraction of sp³-hybridized carbons (Fsp3) is 0.571. The zero-order chi connectivity index (χ0) is 26.8. The Hall–Kier alpha value is -3.40. The molecule has 204 valence electrons. The maximum absolute atomic E-state index is 13.8. The summed E-state index contributed by atoms with van der Waals surface area (Å²) in [5.41, 5.74) is 4.54. The van der Waals surface area contributed by atoms with Crippen molar-refractivity contribution in [3.63, 3.8) is 0 Å². The van der Waals surface area contributed by atoms with Gasteiger partial charge in [-0.15, -0.1) is 0 Å². The standard InChI is InChI=1S/C28H39N7O3/c1-5-23-27(37)33(3)24-18-29-28(30-25(24)34(23)20-10-6-7-11-20)31-35(21-13-15-32(2)16-14-21)26(36)19-9-8-12-22(17-19)38-4/h8-9,12,17-18,20-21,23H,5-7,10-11,13-16H2,1-4H3,(H,29,30,31)/t23-/m1/s1. The Bertz CT molecular complexity index is 1160. The lowest BCUT2D eigenvalue weighted by molar-refractivity contribution is -0.120. The van der Waals surface area contributed by atoms with E-state index in [2.05, 4.69) is 34.2 Å². The molecular weight excluding hydrogens is 482 g/mol. The van der Waals surface area contributed by atoms with Crippen molar-refractivity contribution in [1.29, 1.82) is 0 Å². The molecule has 2 aromatic rings. The highest BCUT2D eigenvalue weighted by Gasteiger charge is 2.41. The van der Waals surface area contributed by atoms with Crippen LogP contribution in [-0.4, -0.2) is 84.1 Å². The molecule has 0 bridgehead atoms. The highest BCUT2D eigenvalue weighted by molar-refractivity contribution is 6.04. The van der Waals surface area contributed by atoms with Crippen molar-refractivity contribution in [3.8, 4) is 5.75 Å². The molecule has 10 nitrogen and oxygen atoms in total. The summed E-state index contributed by atoms with van der Waals surface area (Å²) in [4.78, 5) is 42.8. The number of likely N-dealkylation sites (tertiary alicyclic amines) is 1. The number of methoxy groups -OCH3 is 1. The quantitative estimate of drug-likeness (QED) is 0.553. The monoisotopic (exact) mass is 521 g/mol. The first-order valence-electron chi connectivity index (χ1n) is 13.8. The van der Waals surface area contributed by atoms with Crippen molar-refractivity contribution in [2.75, 3.05) is 49.5 Å². The first kappa shape index (κ1) is 26.2. The van der Waals surface area contributed by atoms with Gasteiger partial charge in [-0.05, 0) is 70.4 Å². The summed E-state index contributed by atoms with van der Waals surface area (Å²) >= 11 is 0. The molecule has 0 spiro atoms. The Morgan fingerprint density at radius 2 is 1.89 bits per heavy atom. The molecular formula is C28H39N7O3. The van der Waals surface area contributed by atoms with Gasteiger partial charge in [0.25, 0.3) is 5.91 Å². The lowest BCUT2D eigenvalue weighted by atomic mass is 10.0. The van der Waals surface area contributed by atoms with Crippen LogP contribution in [-0.2, 0) is 4.79 Å². The molecule has 2 fully saturated rings. The van der Waals surface area contributed by atoms with Crippen LogP contribution >= 0.6 is 0 Å². The number of hydrogen-bond acceptors (Lipinski definition) is 8. The number of fused-ring (bicyclic) bond motifs is 1. The second-order valence-corrected chi connectivity index (χ2v) is 10.6. The van der Waals surface area contributed by atoms with Crippen molar-refractivity contribution in [1.82, 2.24) is 19.9 Å². The van der Waals surface area contributed by atoms with Gasteiger partial charge in [-0.3, -0.25) is 15.0 Å². The molecule has 5 rings (SSSR count). The third-order valence-corrected chi connectivity index (χ3v) is 8.22. The lowest BCUT2D eigenvalue weighted by Gasteiger charge is -2.43. The third kappa shape index (κ3) is 5.01. The number of anilines is 3. The topological polar surface area (TPSA) is 94.1 Å². The van der Waals surface area contributed by atoms with Crippen molar-refractivity contribution in [2.45, 2.75) is 70.0 Å². The molecule has 2 aliphatic heterocycles. The molecule has 1 saturated carbocycles. The number of benzene rings is 1. The van der Waals surface area contributed by atoms with E-state index in [1.807, 2.05) is 12.1 Å². The lowest BCUT2D eigenvalue weighted by Crippen LogP contribution is -2.55. The zero-order valence-corrected chi connectivity index (χ0v) is 22.9. The minimum atomic E-state index is -0.248. The van der Waals surface area contributed by atoms with Gasteiger partial charge >= 0.3 is 0 Å². The Labute approximate surface area is 224 Å². The van der Waals surface area contributed by atoms with Crippen LogP contribution in [0.3, 0.4) is 0 Å². The molecule has 3 heterocycles. The summed E-state index contributed by atoms with van der Waals surface area (Å²) in [6, 6.07) is 7.24. The fourth-order valence-corrected chi connectivity index (χ4v) is 6.00. The van der Waals surface area contributed by atoms with Crippen molar-refractivity contribution < 1.29 is 14.3 Å². The molecule has 1 aliphatic carbocycles. The van der Waals surface area contributed by atoms with E-state index in [1.54, 1.807) is 42.4 Å². The van der Waals surface area contributed by atoms with E-state index >= 15 is 0 Å². The average molecular weight is 522 g/mol. The number of aromatic nitrogens is 2. The number of carbonyl (C=O) groups is 2. The van der Waals surface area contributed by atoms with E-state index in [-0.39, 0.29) is 29.9 Å². The summed E-state index contributed by atoms with van der Waals surface area (Å²) < 4.78 is 5.36. The van der Waals surface area contributed by atoms with Crippen LogP contribution in [0.25, 0.3) is 0 Å². The van der Waals surface area contributed by atoms with Crippen LogP contribution in [0.2, 0.25) is 0 Å². The van der Waals surface area contributed by atoms with Crippen molar-refractivity contribution in [3.05, 3.63) is 36.0 Å². The number of hydrogen-bond donors (Lipinski definition) is 1. The maximum atomic E-state index is 13.8. The molecule has 1 saturated heterocycles. The van der Waals surface area contributed by atoms with Gasteiger partial charge in [-0.2, -0.15) is 4.98 Å². The second kappa shape index (κ2) is 11.1. The highest BCUT2D eigenvalue weighted by Crippen LogP contribution is 2.40. The molecule has 0 unspecified atom stereocenters. The molecule has 3 aliphatic rings. The van der Waals surface area contributed by atoms with Gasteiger partial charge < -0.3 is 19.4 Å². The molecule has 38 heavy (non-hydrogen) atoms. The molecule has 1 N–H and O–H groups in total. The smallest absolute Gasteiger partial charge is 0.272 e. The Morgan fingerprint density at radius 3 is 2.58 bits per heavy atom. The summed E-state index contributed by atoms with van der Waals surface area (Å²) in [6.07, 6.45) is 8.52.